The van der Waals surface area contributed by atoms with E-state index in [2.05, 4.69) is 10.1 Å². The molecular formula is C11H21ClF3NO. The SMILES string of the molecule is FC(F)(F)COCCCNCCCCCCCl. The normalized spacial score (nSPS) is 12.0. The van der Waals surface area contributed by atoms with Crippen molar-refractivity contribution in [3.63, 3.8) is 0 Å². The zero-order valence-corrected chi connectivity index (χ0v) is 10.7. The van der Waals surface area contributed by atoms with Crippen LogP contribution in [0, 0.1) is 0 Å². The molecule has 104 valence electrons. The molecule has 0 saturated carbocycles. The number of hydrogen-bond acceptors (Lipinski definition) is 2. The van der Waals surface area contributed by atoms with E-state index in [0.717, 1.165) is 32.2 Å². The molecule has 1 N–H and O–H groups in total. The van der Waals surface area contributed by atoms with Gasteiger partial charge in [-0.15, -0.1) is 11.6 Å². The van der Waals surface area contributed by atoms with E-state index in [1.54, 1.807) is 0 Å². The summed E-state index contributed by atoms with van der Waals surface area (Å²) in [7, 11) is 0. The molecule has 0 aliphatic heterocycles. The first-order valence-corrected chi connectivity index (χ1v) is 6.51. The molecule has 0 rings (SSSR count). The molecule has 0 bridgehead atoms. The summed E-state index contributed by atoms with van der Waals surface area (Å²) in [5.74, 6) is 0.712. The second kappa shape index (κ2) is 11.1. The molecule has 0 aromatic carbocycles. The van der Waals surface area contributed by atoms with Crippen molar-refractivity contribution in [3.8, 4) is 0 Å². The van der Waals surface area contributed by atoms with Crippen LogP contribution in [0.4, 0.5) is 13.2 Å². The lowest BCUT2D eigenvalue weighted by Crippen LogP contribution is -2.21. The third-order valence-corrected chi connectivity index (χ3v) is 2.41. The Balaban J connectivity index is 2.99. The van der Waals surface area contributed by atoms with E-state index < -0.39 is 12.8 Å². The summed E-state index contributed by atoms with van der Waals surface area (Å²) >= 11 is 5.54. The Kier molecular flexibility index (Phi) is 11.1. The number of alkyl halides is 4. The Bertz CT molecular complexity index is 167. The van der Waals surface area contributed by atoms with Crippen molar-refractivity contribution in [2.75, 3.05) is 32.2 Å². The first-order chi connectivity index (χ1) is 8.06. The van der Waals surface area contributed by atoms with E-state index in [-0.39, 0.29) is 6.61 Å². The van der Waals surface area contributed by atoms with Crippen LogP contribution in [0.3, 0.4) is 0 Å². The molecule has 0 aromatic rings. The fourth-order valence-corrected chi connectivity index (χ4v) is 1.50. The monoisotopic (exact) mass is 275 g/mol. The van der Waals surface area contributed by atoms with Crippen molar-refractivity contribution < 1.29 is 17.9 Å². The second-order valence-electron chi connectivity index (χ2n) is 3.87. The summed E-state index contributed by atoms with van der Waals surface area (Å²) in [5, 5.41) is 3.17. The minimum Gasteiger partial charge on any atom is -0.372 e. The molecule has 0 aromatic heterocycles. The third kappa shape index (κ3) is 16.0. The Labute approximate surface area is 106 Å². The Morgan fingerprint density at radius 1 is 0.941 bits per heavy atom. The largest absolute Gasteiger partial charge is 0.411 e. The molecule has 0 aliphatic carbocycles. The zero-order valence-electron chi connectivity index (χ0n) is 9.99. The average Bonchev–Trinajstić information content (AvgIpc) is 2.24. The van der Waals surface area contributed by atoms with Crippen LogP contribution < -0.4 is 5.32 Å². The van der Waals surface area contributed by atoms with E-state index in [1.807, 2.05) is 0 Å². The van der Waals surface area contributed by atoms with Crippen LogP contribution in [-0.4, -0.2) is 38.4 Å². The average molecular weight is 276 g/mol. The Morgan fingerprint density at radius 2 is 1.59 bits per heavy atom. The lowest BCUT2D eigenvalue weighted by Gasteiger charge is -2.08. The highest BCUT2D eigenvalue weighted by Gasteiger charge is 2.26. The fraction of sp³-hybridized carbons (Fsp3) is 1.00. The molecule has 0 fully saturated rings. The van der Waals surface area contributed by atoms with Crippen LogP contribution in [0.25, 0.3) is 0 Å². The first kappa shape index (κ1) is 17.0. The van der Waals surface area contributed by atoms with Gasteiger partial charge in [-0.25, -0.2) is 0 Å². The van der Waals surface area contributed by atoms with Gasteiger partial charge in [0.25, 0.3) is 0 Å². The summed E-state index contributed by atoms with van der Waals surface area (Å²) in [6, 6.07) is 0. The van der Waals surface area contributed by atoms with Gasteiger partial charge in [-0.3, -0.25) is 0 Å². The maximum atomic E-state index is 11.7. The summed E-state index contributed by atoms with van der Waals surface area (Å²) in [4.78, 5) is 0. The number of rotatable bonds is 11. The standard InChI is InChI=1S/C11H21ClF3NO/c12-6-3-1-2-4-7-16-8-5-9-17-10-11(13,14)15/h16H,1-10H2. The van der Waals surface area contributed by atoms with Gasteiger partial charge in [0.2, 0.25) is 0 Å². The highest BCUT2D eigenvalue weighted by atomic mass is 35.5. The molecule has 0 amide bonds. The lowest BCUT2D eigenvalue weighted by atomic mass is 10.2. The van der Waals surface area contributed by atoms with Crippen molar-refractivity contribution in [1.29, 1.82) is 0 Å². The number of hydrogen-bond donors (Lipinski definition) is 1. The van der Waals surface area contributed by atoms with E-state index in [1.165, 1.54) is 0 Å². The summed E-state index contributed by atoms with van der Waals surface area (Å²) < 4.78 is 39.5. The van der Waals surface area contributed by atoms with E-state index in [0.29, 0.717) is 18.8 Å². The zero-order chi connectivity index (χ0) is 13.0. The second-order valence-corrected chi connectivity index (χ2v) is 4.25. The van der Waals surface area contributed by atoms with Crippen LogP contribution in [0.1, 0.15) is 32.1 Å². The highest BCUT2D eigenvalue weighted by molar-refractivity contribution is 6.17. The number of ether oxygens (including phenoxy) is 1. The summed E-state index contributed by atoms with van der Waals surface area (Å²) in [6.45, 7) is 0.610. The van der Waals surface area contributed by atoms with Gasteiger partial charge in [0.05, 0.1) is 0 Å². The molecule has 0 atom stereocenters. The van der Waals surface area contributed by atoms with Gasteiger partial charge in [0.1, 0.15) is 6.61 Å². The van der Waals surface area contributed by atoms with Gasteiger partial charge in [-0.1, -0.05) is 12.8 Å². The smallest absolute Gasteiger partial charge is 0.372 e. The molecule has 0 aliphatic rings. The number of nitrogens with one attached hydrogen (secondary N) is 1. The Morgan fingerprint density at radius 3 is 2.24 bits per heavy atom. The molecule has 0 radical (unpaired) electrons. The van der Waals surface area contributed by atoms with E-state index in [4.69, 9.17) is 11.6 Å². The van der Waals surface area contributed by atoms with Gasteiger partial charge >= 0.3 is 6.18 Å². The van der Waals surface area contributed by atoms with Crippen molar-refractivity contribution in [2.24, 2.45) is 0 Å². The molecule has 0 spiro atoms. The van der Waals surface area contributed by atoms with Gasteiger partial charge in [0.15, 0.2) is 0 Å². The van der Waals surface area contributed by atoms with E-state index in [9.17, 15) is 13.2 Å². The molecular weight excluding hydrogens is 255 g/mol. The highest BCUT2D eigenvalue weighted by Crippen LogP contribution is 2.14. The summed E-state index contributed by atoms with van der Waals surface area (Å²) in [5.41, 5.74) is 0. The molecule has 6 heteroatoms. The minimum absolute atomic E-state index is 0.152. The maximum absolute atomic E-state index is 11.7. The molecule has 17 heavy (non-hydrogen) atoms. The minimum atomic E-state index is -4.21. The van der Waals surface area contributed by atoms with Crippen LogP contribution in [0.15, 0.2) is 0 Å². The third-order valence-electron chi connectivity index (χ3n) is 2.15. The number of halogens is 4. The van der Waals surface area contributed by atoms with Gasteiger partial charge in [0, 0.05) is 12.5 Å². The maximum Gasteiger partial charge on any atom is 0.411 e. The predicted molar refractivity (Wildman–Crippen MR) is 63.5 cm³/mol. The van der Waals surface area contributed by atoms with Crippen LogP contribution >= 0.6 is 11.6 Å². The molecule has 0 unspecified atom stereocenters. The van der Waals surface area contributed by atoms with Crippen molar-refractivity contribution in [1.82, 2.24) is 5.32 Å². The number of unbranched alkanes of at least 4 members (excludes halogenated alkanes) is 3. The molecule has 0 saturated heterocycles. The Hall–Kier alpha value is 0. The van der Waals surface area contributed by atoms with Gasteiger partial charge in [-0.2, -0.15) is 13.2 Å². The van der Waals surface area contributed by atoms with Gasteiger partial charge < -0.3 is 10.1 Å². The predicted octanol–water partition coefficient (Wildman–Crippen LogP) is 3.34. The van der Waals surface area contributed by atoms with Crippen LogP contribution in [-0.2, 0) is 4.74 Å². The lowest BCUT2D eigenvalue weighted by molar-refractivity contribution is -0.173. The molecule has 2 nitrogen and oxygen atoms in total. The van der Waals surface area contributed by atoms with Gasteiger partial charge in [-0.05, 0) is 32.4 Å². The first-order valence-electron chi connectivity index (χ1n) is 5.97. The van der Waals surface area contributed by atoms with Crippen molar-refractivity contribution >= 4 is 11.6 Å². The van der Waals surface area contributed by atoms with Crippen LogP contribution in [0.5, 0.6) is 0 Å². The van der Waals surface area contributed by atoms with Crippen molar-refractivity contribution in [2.45, 2.75) is 38.3 Å². The fourth-order valence-electron chi connectivity index (χ4n) is 1.31. The summed E-state index contributed by atoms with van der Waals surface area (Å²) in [6.07, 6.45) is 0.810. The topological polar surface area (TPSA) is 21.3 Å². The molecule has 0 heterocycles. The quantitative estimate of drug-likeness (QED) is 0.461. The van der Waals surface area contributed by atoms with E-state index >= 15 is 0 Å². The van der Waals surface area contributed by atoms with Crippen LogP contribution in [0.2, 0.25) is 0 Å². The van der Waals surface area contributed by atoms with Crippen molar-refractivity contribution in [3.05, 3.63) is 0 Å².